The Morgan fingerprint density at radius 2 is 1.80 bits per heavy atom. The summed E-state index contributed by atoms with van der Waals surface area (Å²) in [6, 6.07) is 7.58. The third-order valence-corrected chi connectivity index (χ3v) is 3.52. The van der Waals surface area contributed by atoms with Gasteiger partial charge in [-0.3, -0.25) is 9.59 Å². The molecule has 0 saturated heterocycles. The number of para-hydroxylation sites is 1. The van der Waals surface area contributed by atoms with Crippen LogP contribution < -0.4 is 10.6 Å². The maximum absolute atomic E-state index is 12.3. The van der Waals surface area contributed by atoms with Gasteiger partial charge in [-0.05, 0) is 45.7 Å². The molecule has 1 atom stereocenters. The molecule has 2 amide bonds. The fraction of sp³-hybridized carbons (Fsp3) is 0.500. The summed E-state index contributed by atoms with van der Waals surface area (Å²) < 4.78 is 0. The van der Waals surface area contributed by atoms with E-state index < -0.39 is 5.41 Å². The number of carbonyl (C=O) groups excluding carboxylic acids is 2. The van der Waals surface area contributed by atoms with E-state index in [-0.39, 0.29) is 17.9 Å². The monoisotopic (exact) mass is 276 g/mol. The number of carbonyl (C=O) groups is 2. The largest absolute Gasteiger partial charge is 0.353 e. The van der Waals surface area contributed by atoms with Crippen molar-refractivity contribution in [2.24, 2.45) is 5.41 Å². The Labute approximate surface area is 121 Å². The Hall–Kier alpha value is -1.84. The van der Waals surface area contributed by atoms with Crippen molar-refractivity contribution in [3.8, 4) is 0 Å². The molecule has 0 aliphatic heterocycles. The van der Waals surface area contributed by atoms with Crippen molar-refractivity contribution in [2.45, 2.75) is 47.1 Å². The Morgan fingerprint density at radius 3 is 2.35 bits per heavy atom. The van der Waals surface area contributed by atoms with Crippen molar-refractivity contribution in [1.82, 2.24) is 5.32 Å². The number of aryl methyl sites for hydroxylation is 1. The highest BCUT2D eigenvalue weighted by atomic mass is 16.2. The second-order valence-electron chi connectivity index (χ2n) is 5.68. The van der Waals surface area contributed by atoms with Crippen LogP contribution >= 0.6 is 0 Å². The van der Waals surface area contributed by atoms with Gasteiger partial charge in [0.2, 0.25) is 11.8 Å². The predicted octanol–water partition coefficient (Wildman–Crippen LogP) is 2.87. The summed E-state index contributed by atoms with van der Waals surface area (Å²) in [6.07, 6.45) is 0.835. The average Bonchev–Trinajstić information content (AvgIpc) is 2.40. The van der Waals surface area contributed by atoms with Crippen molar-refractivity contribution in [1.29, 1.82) is 0 Å². The number of amides is 2. The maximum Gasteiger partial charge on any atom is 0.239 e. The molecule has 1 aromatic rings. The van der Waals surface area contributed by atoms with Crippen LogP contribution in [0.1, 0.15) is 39.7 Å². The lowest BCUT2D eigenvalue weighted by Crippen LogP contribution is -2.47. The molecule has 0 aliphatic rings. The fourth-order valence-electron chi connectivity index (χ4n) is 1.60. The average molecular weight is 276 g/mol. The molecule has 1 unspecified atom stereocenters. The van der Waals surface area contributed by atoms with Gasteiger partial charge in [0.05, 0.1) is 0 Å². The molecule has 0 fully saturated rings. The van der Waals surface area contributed by atoms with E-state index >= 15 is 0 Å². The van der Waals surface area contributed by atoms with Gasteiger partial charge in [-0.25, -0.2) is 0 Å². The number of hydrogen-bond donors (Lipinski definition) is 2. The van der Waals surface area contributed by atoms with E-state index in [1.165, 1.54) is 0 Å². The minimum Gasteiger partial charge on any atom is -0.353 e. The first-order valence-corrected chi connectivity index (χ1v) is 6.97. The van der Waals surface area contributed by atoms with E-state index in [0.717, 1.165) is 17.7 Å². The Bertz CT molecular complexity index is 495. The molecule has 0 spiro atoms. The van der Waals surface area contributed by atoms with E-state index in [4.69, 9.17) is 0 Å². The zero-order valence-corrected chi connectivity index (χ0v) is 12.9. The molecular formula is C16H24N2O2. The summed E-state index contributed by atoms with van der Waals surface area (Å²) in [7, 11) is 0. The topological polar surface area (TPSA) is 58.2 Å². The van der Waals surface area contributed by atoms with Gasteiger partial charge in [-0.1, -0.05) is 25.1 Å². The lowest BCUT2D eigenvalue weighted by Gasteiger charge is -2.25. The van der Waals surface area contributed by atoms with E-state index in [9.17, 15) is 9.59 Å². The maximum atomic E-state index is 12.3. The van der Waals surface area contributed by atoms with E-state index in [1.54, 1.807) is 13.8 Å². The van der Waals surface area contributed by atoms with Crippen LogP contribution in [0.25, 0.3) is 0 Å². The van der Waals surface area contributed by atoms with Crippen LogP contribution in [-0.4, -0.2) is 17.9 Å². The van der Waals surface area contributed by atoms with Crippen LogP contribution in [-0.2, 0) is 9.59 Å². The van der Waals surface area contributed by atoms with Crippen molar-refractivity contribution in [3.05, 3.63) is 29.8 Å². The summed E-state index contributed by atoms with van der Waals surface area (Å²) in [6.45, 7) is 9.11. The van der Waals surface area contributed by atoms with Gasteiger partial charge >= 0.3 is 0 Å². The van der Waals surface area contributed by atoms with Crippen molar-refractivity contribution < 1.29 is 9.59 Å². The molecule has 4 nitrogen and oxygen atoms in total. The smallest absolute Gasteiger partial charge is 0.239 e. The summed E-state index contributed by atoms with van der Waals surface area (Å²) in [4.78, 5) is 24.5. The van der Waals surface area contributed by atoms with Crippen LogP contribution in [0, 0.1) is 12.3 Å². The lowest BCUT2D eigenvalue weighted by atomic mass is 9.90. The molecule has 0 bridgehead atoms. The van der Waals surface area contributed by atoms with Crippen molar-refractivity contribution in [3.63, 3.8) is 0 Å². The molecule has 1 rings (SSSR count). The normalized spacial score (nSPS) is 12.7. The molecule has 0 saturated carbocycles. The zero-order chi connectivity index (χ0) is 15.3. The SMILES string of the molecule is CCC(C)NC(=O)C(C)(C)C(=O)Nc1ccccc1C. The molecule has 0 aliphatic carbocycles. The lowest BCUT2D eigenvalue weighted by molar-refractivity contribution is -0.138. The van der Waals surface area contributed by atoms with Crippen LogP contribution in [0.2, 0.25) is 0 Å². The zero-order valence-electron chi connectivity index (χ0n) is 12.9. The molecular weight excluding hydrogens is 252 g/mol. The van der Waals surface area contributed by atoms with Crippen LogP contribution in [0.15, 0.2) is 24.3 Å². The van der Waals surface area contributed by atoms with Crippen molar-refractivity contribution >= 4 is 17.5 Å². The number of anilines is 1. The molecule has 20 heavy (non-hydrogen) atoms. The summed E-state index contributed by atoms with van der Waals surface area (Å²) in [5, 5.41) is 5.67. The third kappa shape index (κ3) is 3.83. The van der Waals surface area contributed by atoms with Gasteiger partial charge in [0.15, 0.2) is 0 Å². The number of hydrogen-bond acceptors (Lipinski definition) is 2. The Morgan fingerprint density at radius 1 is 1.20 bits per heavy atom. The van der Waals surface area contributed by atoms with E-state index in [1.807, 2.05) is 45.0 Å². The highest BCUT2D eigenvalue weighted by Crippen LogP contribution is 2.21. The van der Waals surface area contributed by atoms with Crippen LogP contribution in [0.3, 0.4) is 0 Å². The number of benzene rings is 1. The standard InChI is InChI=1S/C16H24N2O2/c1-6-12(3)17-14(19)16(4,5)15(20)18-13-10-8-7-9-11(13)2/h7-10,12H,6H2,1-5H3,(H,17,19)(H,18,20). The van der Waals surface area contributed by atoms with Gasteiger partial charge in [-0.15, -0.1) is 0 Å². The van der Waals surface area contributed by atoms with Gasteiger partial charge < -0.3 is 10.6 Å². The quantitative estimate of drug-likeness (QED) is 0.812. The minimum absolute atomic E-state index is 0.0630. The summed E-state index contributed by atoms with van der Waals surface area (Å²) in [5.41, 5.74) is 0.604. The molecule has 1 aromatic carbocycles. The predicted molar refractivity (Wildman–Crippen MR) is 81.5 cm³/mol. The fourth-order valence-corrected chi connectivity index (χ4v) is 1.60. The second kappa shape index (κ2) is 6.55. The molecule has 110 valence electrons. The molecule has 0 heterocycles. The van der Waals surface area contributed by atoms with E-state index in [2.05, 4.69) is 10.6 Å². The molecule has 4 heteroatoms. The second-order valence-corrected chi connectivity index (χ2v) is 5.68. The van der Waals surface area contributed by atoms with Gasteiger partial charge in [-0.2, -0.15) is 0 Å². The number of rotatable bonds is 5. The summed E-state index contributed by atoms with van der Waals surface area (Å²) in [5.74, 6) is -0.550. The molecule has 0 aromatic heterocycles. The van der Waals surface area contributed by atoms with Gasteiger partial charge in [0.1, 0.15) is 5.41 Å². The summed E-state index contributed by atoms with van der Waals surface area (Å²) >= 11 is 0. The van der Waals surface area contributed by atoms with Gasteiger partial charge in [0, 0.05) is 11.7 Å². The first kappa shape index (κ1) is 16.2. The third-order valence-electron chi connectivity index (χ3n) is 3.52. The highest BCUT2D eigenvalue weighted by Gasteiger charge is 2.36. The number of nitrogens with one attached hydrogen (secondary N) is 2. The molecule has 2 N–H and O–H groups in total. The first-order chi connectivity index (χ1) is 9.28. The highest BCUT2D eigenvalue weighted by molar-refractivity contribution is 6.10. The minimum atomic E-state index is -1.11. The molecule has 0 radical (unpaired) electrons. The van der Waals surface area contributed by atoms with E-state index in [0.29, 0.717) is 0 Å². The van der Waals surface area contributed by atoms with Crippen LogP contribution in [0.4, 0.5) is 5.69 Å². The Balaban J connectivity index is 2.79. The van der Waals surface area contributed by atoms with Crippen LogP contribution in [0.5, 0.6) is 0 Å². The first-order valence-electron chi connectivity index (χ1n) is 6.97. The Kier molecular flexibility index (Phi) is 5.31. The van der Waals surface area contributed by atoms with Gasteiger partial charge in [0.25, 0.3) is 0 Å². The van der Waals surface area contributed by atoms with Crippen molar-refractivity contribution in [2.75, 3.05) is 5.32 Å².